The highest BCUT2D eigenvalue weighted by Gasteiger charge is 2.14. The second-order valence-electron chi connectivity index (χ2n) is 4.53. The molecule has 0 fully saturated rings. The maximum atomic E-state index is 13.8. The molecule has 19 heavy (non-hydrogen) atoms. The van der Waals surface area contributed by atoms with E-state index in [1.54, 1.807) is 17.4 Å². The monoisotopic (exact) mass is 279 g/mol. The molecule has 0 atom stereocenters. The summed E-state index contributed by atoms with van der Waals surface area (Å²) in [5, 5.41) is 22.0. The summed E-state index contributed by atoms with van der Waals surface area (Å²) in [7, 11) is 0.290. The molecule has 0 saturated carbocycles. The Balaban J connectivity index is 2.02. The lowest BCUT2D eigenvalue weighted by Gasteiger charge is -2.16. The summed E-state index contributed by atoms with van der Waals surface area (Å²) in [4.78, 5) is 2.01. The van der Waals surface area contributed by atoms with Gasteiger partial charge in [-0.25, -0.2) is 4.39 Å². The van der Waals surface area contributed by atoms with Crippen molar-refractivity contribution in [3.05, 3.63) is 52.0 Å². The largest absolute Gasteiger partial charge is 0.488 e. The summed E-state index contributed by atoms with van der Waals surface area (Å²) in [5.41, 5.74) is 1.92. The highest BCUT2D eigenvalue weighted by Crippen LogP contribution is 2.12. The lowest BCUT2D eigenvalue weighted by molar-refractivity contribution is 0.314. The van der Waals surface area contributed by atoms with E-state index in [4.69, 9.17) is 10.0 Å². The van der Waals surface area contributed by atoms with Crippen LogP contribution in [0.2, 0.25) is 0 Å². The zero-order chi connectivity index (χ0) is 13.8. The van der Waals surface area contributed by atoms with Gasteiger partial charge in [-0.3, -0.25) is 4.90 Å². The van der Waals surface area contributed by atoms with Crippen molar-refractivity contribution in [2.24, 2.45) is 0 Å². The van der Waals surface area contributed by atoms with Crippen molar-refractivity contribution in [1.29, 1.82) is 0 Å². The number of benzene rings is 1. The van der Waals surface area contributed by atoms with Crippen LogP contribution in [0.25, 0.3) is 0 Å². The molecular weight excluding hydrogens is 264 g/mol. The maximum Gasteiger partial charge on any atom is 0.488 e. The first-order valence-electron chi connectivity index (χ1n) is 5.90. The summed E-state index contributed by atoms with van der Waals surface area (Å²) in [6.45, 7) is 1.23. The average Bonchev–Trinajstić information content (AvgIpc) is 2.84. The molecule has 100 valence electrons. The van der Waals surface area contributed by atoms with E-state index in [-0.39, 0.29) is 5.46 Å². The second kappa shape index (κ2) is 6.30. The Bertz CT molecular complexity index is 533. The quantitative estimate of drug-likeness (QED) is 0.808. The number of halogens is 1. The van der Waals surface area contributed by atoms with Gasteiger partial charge in [0.1, 0.15) is 5.82 Å². The van der Waals surface area contributed by atoms with Gasteiger partial charge in [0.25, 0.3) is 0 Å². The molecule has 3 nitrogen and oxygen atoms in total. The molecule has 0 unspecified atom stereocenters. The zero-order valence-electron chi connectivity index (χ0n) is 10.6. The van der Waals surface area contributed by atoms with Gasteiger partial charge in [0.05, 0.1) is 0 Å². The van der Waals surface area contributed by atoms with Crippen LogP contribution >= 0.6 is 11.3 Å². The van der Waals surface area contributed by atoms with Crippen LogP contribution < -0.4 is 5.46 Å². The Labute approximate surface area is 116 Å². The molecule has 2 rings (SSSR count). The molecule has 1 aromatic carbocycles. The van der Waals surface area contributed by atoms with Gasteiger partial charge in [-0.05, 0) is 41.0 Å². The number of hydrogen-bond donors (Lipinski definition) is 2. The molecule has 1 aromatic heterocycles. The van der Waals surface area contributed by atoms with Gasteiger partial charge in [-0.2, -0.15) is 11.3 Å². The summed E-state index contributed by atoms with van der Waals surface area (Å²) < 4.78 is 13.8. The predicted molar refractivity (Wildman–Crippen MR) is 75.7 cm³/mol. The Morgan fingerprint density at radius 1 is 1.26 bits per heavy atom. The highest BCUT2D eigenvalue weighted by atomic mass is 32.1. The molecule has 0 amide bonds. The van der Waals surface area contributed by atoms with Gasteiger partial charge in [-0.1, -0.05) is 12.1 Å². The smallest absolute Gasteiger partial charge is 0.423 e. The van der Waals surface area contributed by atoms with Crippen molar-refractivity contribution in [3.63, 3.8) is 0 Å². The predicted octanol–water partition coefficient (Wildman–Crippen LogP) is 1.20. The van der Waals surface area contributed by atoms with E-state index in [0.29, 0.717) is 12.1 Å². The molecule has 2 aromatic rings. The average molecular weight is 279 g/mol. The third kappa shape index (κ3) is 3.88. The van der Waals surface area contributed by atoms with Crippen molar-refractivity contribution in [1.82, 2.24) is 4.90 Å². The van der Waals surface area contributed by atoms with Crippen LogP contribution in [-0.2, 0) is 13.1 Å². The van der Waals surface area contributed by atoms with Gasteiger partial charge >= 0.3 is 7.12 Å². The van der Waals surface area contributed by atoms with E-state index in [9.17, 15) is 4.39 Å². The lowest BCUT2D eigenvalue weighted by atomic mass is 9.80. The van der Waals surface area contributed by atoms with Crippen LogP contribution in [0.15, 0.2) is 35.0 Å². The van der Waals surface area contributed by atoms with Crippen molar-refractivity contribution in [2.45, 2.75) is 13.1 Å². The molecule has 0 spiro atoms. The van der Waals surface area contributed by atoms with Crippen molar-refractivity contribution < 1.29 is 14.4 Å². The maximum absolute atomic E-state index is 13.8. The molecule has 0 aliphatic heterocycles. The molecule has 0 saturated heterocycles. The first-order valence-corrected chi connectivity index (χ1v) is 6.84. The Hall–Kier alpha value is -1.21. The van der Waals surface area contributed by atoms with Crippen LogP contribution in [0.1, 0.15) is 11.1 Å². The summed E-state index contributed by atoms with van der Waals surface area (Å²) in [6.07, 6.45) is 0. The molecular formula is C13H15BFNO2S. The van der Waals surface area contributed by atoms with E-state index in [0.717, 1.165) is 6.54 Å². The number of hydrogen-bond acceptors (Lipinski definition) is 4. The van der Waals surface area contributed by atoms with E-state index < -0.39 is 12.9 Å². The van der Waals surface area contributed by atoms with Gasteiger partial charge in [0.15, 0.2) is 0 Å². The summed E-state index contributed by atoms with van der Waals surface area (Å²) in [5.74, 6) is -0.414. The minimum absolute atomic E-state index is 0.168. The lowest BCUT2D eigenvalue weighted by Crippen LogP contribution is -2.30. The normalized spacial score (nSPS) is 11.0. The standard InChI is InChI=1S/C13H15BFNO2S/c1-16(7-10-4-5-19-9-10)8-11-2-3-12(14(17)18)6-13(11)15/h2-6,9,17-18H,7-8H2,1H3. The van der Waals surface area contributed by atoms with E-state index >= 15 is 0 Å². The number of thiophene rings is 1. The third-order valence-corrected chi connectivity index (χ3v) is 3.58. The SMILES string of the molecule is CN(Cc1ccsc1)Cc1ccc(B(O)O)cc1F. The fourth-order valence-electron chi connectivity index (χ4n) is 1.89. The molecule has 0 aliphatic rings. The molecule has 0 bridgehead atoms. The van der Waals surface area contributed by atoms with Gasteiger partial charge in [-0.15, -0.1) is 0 Å². The first-order chi connectivity index (χ1) is 9.06. The minimum Gasteiger partial charge on any atom is -0.423 e. The Kier molecular flexibility index (Phi) is 4.71. The number of nitrogens with zero attached hydrogens (tertiary/aromatic N) is 1. The molecule has 0 radical (unpaired) electrons. The van der Waals surface area contributed by atoms with Gasteiger partial charge < -0.3 is 10.0 Å². The Morgan fingerprint density at radius 3 is 2.63 bits per heavy atom. The zero-order valence-corrected chi connectivity index (χ0v) is 11.4. The van der Waals surface area contributed by atoms with Gasteiger partial charge in [0.2, 0.25) is 0 Å². The molecule has 6 heteroatoms. The summed E-state index contributed by atoms with van der Waals surface area (Å²) in [6, 6.07) is 6.33. The summed E-state index contributed by atoms with van der Waals surface area (Å²) >= 11 is 1.64. The fraction of sp³-hybridized carbons (Fsp3) is 0.231. The first kappa shape index (κ1) is 14.2. The third-order valence-electron chi connectivity index (χ3n) is 2.85. The van der Waals surface area contributed by atoms with E-state index in [1.807, 2.05) is 23.4 Å². The van der Waals surface area contributed by atoms with E-state index in [1.165, 1.54) is 17.7 Å². The van der Waals surface area contributed by atoms with Crippen molar-refractivity contribution in [2.75, 3.05) is 7.05 Å². The van der Waals surface area contributed by atoms with Crippen molar-refractivity contribution >= 4 is 23.9 Å². The highest BCUT2D eigenvalue weighted by molar-refractivity contribution is 7.07. The van der Waals surface area contributed by atoms with E-state index in [2.05, 4.69) is 5.38 Å². The molecule has 1 heterocycles. The number of rotatable bonds is 5. The van der Waals surface area contributed by atoms with Crippen LogP contribution in [0.5, 0.6) is 0 Å². The van der Waals surface area contributed by atoms with Crippen LogP contribution in [0, 0.1) is 5.82 Å². The fourth-order valence-corrected chi connectivity index (χ4v) is 2.55. The van der Waals surface area contributed by atoms with Gasteiger partial charge in [0, 0.05) is 18.7 Å². The molecule has 2 N–H and O–H groups in total. The molecule has 0 aliphatic carbocycles. The van der Waals surface area contributed by atoms with Crippen LogP contribution in [0.3, 0.4) is 0 Å². The Morgan fingerprint density at radius 2 is 2.05 bits per heavy atom. The van der Waals surface area contributed by atoms with Crippen molar-refractivity contribution in [3.8, 4) is 0 Å². The second-order valence-corrected chi connectivity index (χ2v) is 5.31. The van der Waals surface area contributed by atoms with Crippen LogP contribution in [0.4, 0.5) is 4.39 Å². The topological polar surface area (TPSA) is 43.7 Å². The minimum atomic E-state index is -1.63. The van der Waals surface area contributed by atoms with Crippen LogP contribution in [-0.4, -0.2) is 29.1 Å².